The normalized spacial score (nSPS) is 16.8. The molecule has 0 saturated carbocycles. The van der Waals surface area contributed by atoms with Crippen molar-refractivity contribution in [1.29, 1.82) is 0 Å². The second-order valence-electron chi connectivity index (χ2n) is 12.1. The Labute approximate surface area is 238 Å². The van der Waals surface area contributed by atoms with Crippen LogP contribution in [0.2, 0.25) is 0 Å². The summed E-state index contributed by atoms with van der Waals surface area (Å²) >= 11 is 0. The van der Waals surface area contributed by atoms with Crippen LogP contribution in [0.25, 0.3) is 11.0 Å². The first-order valence-corrected chi connectivity index (χ1v) is 14.4. The number of carbonyl (C=O) groups is 1. The van der Waals surface area contributed by atoms with Crippen molar-refractivity contribution in [1.82, 2.24) is 29.4 Å². The fraction of sp³-hybridized carbons (Fsp3) is 0.424. The van der Waals surface area contributed by atoms with Crippen molar-refractivity contribution in [3.63, 3.8) is 0 Å². The van der Waals surface area contributed by atoms with Gasteiger partial charge in [-0.1, -0.05) is 55.8 Å². The van der Waals surface area contributed by atoms with E-state index in [4.69, 9.17) is 4.98 Å². The quantitative estimate of drug-likeness (QED) is 0.265. The first-order valence-electron chi connectivity index (χ1n) is 14.4. The number of hydrogen-bond acceptors (Lipinski definition) is 5. The predicted octanol–water partition coefficient (Wildman–Crippen LogP) is 5.93. The number of hydrogen-bond donors (Lipinski definition) is 0. The van der Waals surface area contributed by atoms with E-state index in [9.17, 15) is 4.79 Å². The van der Waals surface area contributed by atoms with Crippen LogP contribution in [0, 0.1) is 25.7 Å². The van der Waals surface area contributed by atoms with Gasteiger partial charge in [0.2, 0.25) is 0 Å². The van der Waals surface area contributed by atoms with Gasteiger partial charge in [0, 0.05) is 50.7 Å². The topological polar surface area (TPSA) is 68.8 Å². The van der Waals surface area contributed by atoms with Gasteiger partial charge in [0.25, 0.3) is 0 Å². The second-order valence-corrected chi connectivity index (χ2v) is 12.1. The van der Waals surface area contributed by atoms with Gasteiger partial charge in [0.05, 0.1) is 12.1 Å². The van der Waals surface area contributed by atoms with E-state index in [1.165, 1.54) is 30.4 Å². The van der Waals surface area contributed by atoms with Crippen LogP contribution >= 0.6 is 0 Å². The summed E-state index contributed by atoms with van der Waals surface area (Å²) < 4.78 is 4.09. The van der Waals surface area contributed by atoms with E-state index >= 15 is 0 Å². The molecule has 4 aromatic rings. The van der Waals surface area contributed by atoms with Gasteiger partial charge in [-0.3, -0.25) is 9.69 Å². The molecule has 0 spiro atoms. The van der Waals surface area contributed by atoms with Crippen LogP contribution in [0.4, 0.5) is 0 Å². The molecule has 3 heterocycles. The minimum atomic E-state index is -0.652. The highest BCUT2D eigenvalue weighted by molar-refractivity contribution is 6.07. The molecule has 1 aliphatic heterocycles. The van der Waals surface area contributed by atoms with Gasteiger partial charge >= 0.3 is 0 Å². The zero-order chi connectivity index (χ0) is 28.0. The molecule has 1 radical (unpaired) electrons. The molecule has 1 fully saturated rings. The highest BCUT2D eigenvalue weighted by Gasteiger charge is 2.42. The fourth-order valence-electron chi connectivity index (χ4n) is 6.42. The van der Waals surface area contributed by atoms with Crippen molar-refractivity contribution >= 4 is 16.8 Å². The lowest BCUT2D eigenvalue weighted by atomic mass is 9.67. The van der Waals surface area contributed by atoms with E-state index in [1.54, 1.807) is 4.68 Å². The van der Waals surface area contributed by atoms with Crippen molar-refractivity contribution in [3.05, 3.63) is 94.4 Å². The van der Waals surface area contributed by atoms with E-state index < -0.39 is 5.41 Å². The molecule has 209 valence electrons. The maximum Gasteiger partial charge on any atom is 0.165 e. The largest absolute Gasteiger partial charge is 0.329 e. The number of Topliss-reactive ketones (excluding diaryl/α,β-unsaturated/α-hetero) is 1. The molecular formula is C33H41N6O. The maximum atomic E-state index is 13.7. The summed E-state index contributed by atoms with van der Waals surface area (Å²) in [5.74, 6) is 1.15. The van der Waals surface area contributed by atoms with Crippen molar-refractivity contribution in [2.24, 2.45) is 12.5 Å². The zero-order valence-electron chi connectivity index (χ0n) is 24.3. The number of likely N-dealkylation sites (tertiary alicyclic amines) is 1. The molecule has 40 heavy (non-hydrogen) atoms. The smallest absolute Gasteiger partial charge is 0.165 e. The van der Waals surface area contributed by atoms with Gasteiger partial charge in [0.1, 0.15) is 11.3 Å². The number of rotatable bonds is 9. The number of allylic oxidation sites excluding steroid dienone is 2. The Kier molecular flexibility index (Phi) is 6.95. The lowest BCUT2D eigenvalue weighted by molar-refractivity contribution is -0.123. The maximum absolute atomic E-state index is 13.7. The lowest BCUT2D eigenvalue weighted by Crippen LogP contribution is -2.32. The molecule has 2 aromatic carbocycles. The number of benzene rings is 2. The minimum Gasteiger partial charge on any atom is -0.329 e. The molecule has 0 unspecified atom stereocenters. The van der Waals surface area contributed by atoms with E-state index in [2.05, 4.69) is 84.0 Å². The number of aromatic nitrogens is 5. The van der Waals surface area contributed by atoms with E-state index in [1.807, 2.05) is 25.7 Å². The SMILES string of the molecule is Cc1ccc([C@@H](c2ccc3c(nnn3C)c2C)C(C)(C)C(=O)C2=C[CH]2)cc1Cn1ccnc1CN1CCCCC1.[HH]. The number of ketones is 1. The molecule has 1 saturated heterocycles. The van der Waals surface area contributed by atoms with Crippen LogP contribution in [0.15, 0.2) is 54.4 Å². The van der Waals surface area contributed by atoms with Gasteiger partial charge in [-0.05, 0) is 73.7 Å². The van der Waals surface area contributed by atoms with Crippen LogP contribution in [-0.2, 0) is 24.9 Å². The van der Waals surface area contributed by atoms with Crippen molar-refractivity contribution in [3.8, 4) is 0 Å². The Morgan fingerprint density at radius 2 is 1.85 bits per heavy atom. The van der Waals surface area contributed by atoms with Crippen LogP contribution in [-0.4, -0.2) is 48.3 Å². The van der Waals surface area contributed by atoms with Crippen molar-refractivity contribution < 1.29 is 6.22 Å². The lowest BCUT2D eigenvalue weighted by Gasteiger charge is -2.35. The Hall–Kier alpha value is -3.58. The first kappa shape index (κ1) is 26.6. The highest BCUT2D eigenvalue weighted by Crippen LogP contribution is 2.47. The summed E-state index contributed by atoms with van der Waals surface area (Å²) in [6.07, 6.45) is 11.7. The second kappa shape index (κ2) is 10.4. The number of piperidine rings is 1. The van der Waals surface area contributed by atoms with E-state index in [0.29, 0.717) is 0 Å². The summed E-state index contributed by atoms with van der Waals surface area (Å²) in [7, 11) is 1.91. The predicted molar refractivity (Wildman–Crippen MR) is 160 cm³/mol. The molecule has 0 amide bonds. The Morgan fingerprint density at radius 3 is 2.60 bits per heavy atom. The monoisotopic (exact) mass is 537 g/mol. The van der Waals surface area contributed by atoms with Gasteiger partial charge in [-0.15, -0.1) is 5.10 Å². The third-order valence-corrected chi connectivity index (χ3v) is 8.96. The van der Waals surface area contributed by atoms with E-state index in [-0.39, 0.29) is 13.1 Å². The summed E-state index contributed by atoms with van der Waals surface area (Å²) in [6, 6.07) is 11.0. The zero-order valence-corrected chi connectivity index (χ0v) is 24.3. The number of imidazole rings is 1. The van der Waals surface area contributed by atoms with Crippen LogP contribution in [0.5, 0.6) is 0 Å². The molecule has 1 atom stereocenters. The third-order valence-electron chi connectivity index (χ3n) is 8.96. The molecule has 7 heteroatoms. The standard InChI is InChI=1S/C33H39N6O.H2/c1-22-9-10-25(19-26(22)20-39-18-15-34-29(39)21-38-16-7-6-8-17-38)30(33(3,4)32(40)24-11-12-24)27-13-14-28-31(23(27)2)35-36-37(28)5;/h9-15,18-19,30H,6-8,16-17,20-21H2,1-5H3;1H/t30-;/m0./s1. The Morgan fingerprint density at radius 1 is 1.07 bits per heavy atom. The number of nitrogens with zero attached hydrogens (tertiary/aromatic N) is 6. The molecule has 7 nitrogen and oxygen atoms in total. The molecule has 0 bridgehead atoms. The molecule has 1 aliphatic carbocycles. The summed E-state index contributed by atoms with van der Waals surface area (Å²) in [5.41, 5.74) is 7.88. The van der Waals surface area contributed by atoms with Crippen LogP contribution < -0.4 is 0 Å². The number of aryl methyl sites for hydroxylation is 3. The van der Waals surface area contributed by atoms with Crippen LogP contribution in [0.3, 0.4) is 0 Å². The van der Waals surface area contributed by atoms with Crippen molar-refractivity contribution in [2.45, 2.75) is 66.0 Å². The van der Waals surface area contributed by atoms with Gasteiger partial charge in [-0.2, -0.15) is 0 Å². The molecule has 2 aromatic heterocycles. The van der Waals surface area contributed by atoms with Gasteiger partial charge in [-0.25, -0.2) is 9.67 Å². The first-order chi connectivity index (χ1) is 19.2. The van der Waals surface area contributed by atoms with Gasteiger partial charge < -0.3 is 4.57 Å². The minimum absolute atomic E-state index is 0. The van der Waals surface area contributed by atoms with Crippen molar-refractivity contribution in [2.75, 3.05) is 13.1 Å². The average Bonchev–Trinajstić information content (AvgIpc) is 3.60. The summed E-state index contributed by atoms with van der Waals surface area (Å²) in [4.78, 5) is 20.9. The fourth-order valence-corrected chi connectivity index (χ4v) is 6.42. The summed E-state index contributed by atoms with van der Waals surface area (Å²) in [6.45, 7) is 12.4. The summed E-state index contributed by atoms with van der Waals surface area (Å²) in [5, 5.41) is 8.72. The number of fused-ring (bicyclic) bond motifs is 1. The average molecular weight is 538 g/mol. The Bertz CT molecular complexity index is 1610. The molecule has 6 rings (SSSR count). The van der Waals surface area contributed by atoms with E-state index in [0.717, 1.165) is 65.3 Å². The van der Waals surface area contributed by atoms with Gasteiger partial charge in [0.15, 0.2) is 5.78 Å². The Balaban J connectivity index is 0.00000337. The molecule has 2 aliphatic rings. The third kappa shape index (κ3) is 4.92. The highest BCUT2D eigenvalue weighted by atomic mass is 16.1. The van der Waals surface area contributed by atoms with Crippen LogP contribution in [0.1, 0.15) is 74.1 Å². The number of carbonyl (C=O) groups excluding carboxylic acids is 1. The molecular weight excluding hydrogens is 496 g/mol. The molecule has 0 N–H and O–H groups in total.